The molecule has 0 N–H and O–H groups in total. The van der Waals surface area contributed by atoms with Crippen molar-refractivity contribution >= 4 is 24.0 Å². The van der Waals surface area contributed by atoms with E-state index in [0.717, 1.165) is 25.1 Å². The van der Waals surface area contributed by atoms with Crippen molar-refractivity contribution in [1.82, 2.24) is 4.90 Å². The van der Waals surface area contributed by atoms with Crippen LogP contribution in [0.25, 0.3) is 0 Å². The summed E-state index contributed by atoms with van der Waals surface area (Å²) in [6.45, 7) is 1.91. The Hall–Kier alpha value is -1.72. The number of benzene rings is 3. The highest BCUT2D eigenvalue weighted by atomic mass is 127. The van der Waals surface area contributed by atoms with Gasteiger partial charge in [-0.05, 0) is 40.8 Å². The Balaban J connectivity index is 0.00000182. The zero-order chi connectivity index (χ0) is 16.4. The lowest BCUT2D eigenvalue weighted by Crippen LogP contribution is -2.35. The summed E-state index contributed by atoms with van der Waals surface area (Å²) < 4.78 is 13.4. The average Bonchev–Trinajstić information content (AvgIpc) is 2.63. The number of hydrogen-bond acceptors (Lipinski definition) is 1. The second-order valence-electron chi connectivity index (χ2n) is 6.36. The minimum Gasteiger partial charge on any atom is -0.288 e. The van der Waals surface area contributed by atoms with E-state index >= 15 is 0 Å². The minimum atomic E-state index is -0.183. The lowest BCUT2D eigenvalue weighted by Gasteiger charge is -2.38. The molecule has 3 heteroatoms. The fourth-order valence-electron chi connectivity index (χ4n) is 3.64. The molecule has 3 aromatic rings. The Bertz CT molecular complexity index is 817. The topological polar surface area (TPSA) is 3.24 Å². The van der Waals surface area contributed by atoms with E-state index in [1.54, 1.807) is 12.1 Å². The summed E-state index contributed by atoms with van der Waals surface area (Å²) in [5.41, 5.74) is 5.20. The molecule has 1 nitrogen and oxygen atoms in total. The van der Waals surface area contributed by atoms with Gasteiger partial charge in [0.15, 0.2) is 0 Å². The van der Waals surface area contributed by atoms with Gasteiger partial charge in [-0.25, -0.2) is 4.39 Å². The summed E-state index contributed by atoms with van der Waals surface area (Å²) in [6.07, 6.45) is 1.06. The molecule has 0 fully saturated rings. The van der Waals surface area contributed by atoms with Gasteiger partial charge in [-0.2, -0.15) is 0 Å². The number of fused-ring (bicyclic) bond motifs is 1. The Kier molecular flexibility index (Phi) is 5.86. The van der Waals surface area contributed by atoms with Crippen molar-refractivity contribution in [2.24, 2.45) is 0 Å². The smallest absolute Gasteiger partial charge is 0.123 e. The first kappa shape index (κ1) is 18.1. The van der Waals surface area contributed by atoms with Gasteiger partial charge in [0.1, 0.15) is 5.82 Å². The number of nitrogens with zero attached hydrogens (tertiary/aromatic N) is 1. The van der Waals surface area contributed by atoms with Crippen molar-refractivity contribution < 1.29 is 4.39 Å². The summed E-state index contributed by atoms with van der Waals surface area (Å²) in [6, 6.07) is 26.3. The third-order valence-corrected chi connectivity index (χ3v) is 4.80. The molecule has 3 aromatic carbocycles. The Labute approximate surface area is 165 Å². The van der Waals surface area contributed by atoms with Crippen molar-refractivity contribution in [3.8, 4) is 0 Å². The van der Waals surface area contributed by atoms with Crippen LogP contribution in [0.15, 0.2) is 78.9 Å². The zero-order valence-electron chi connectivity index (χ0n) is 13.9. The van der Waals surface area contributed by atoms with E-state index in [-0.39, 0.29) is 35.8 Å². The van der Waals surface area contributed by atoms with Gasteiger partial charge in [-0.15, -0.1) is 24.0 Å². The molecule has 0 radical (unpaired) electrons. The summed E-state index contributed by atoms with van der Waals surface area (Å²) in [4.78, 5) is 2.49. The monoisotopic (exact) mass is 445 g/mol. The maximum atomic E-state index is 13.4. The van der Waals surface area contributed by atoms with Crippen LogP contribution in [0.1, 0.15) is 28.3 Å². The SMILES string of the molecule is Fc1ccc(C2c3ccccc3CCN2Cc2ccccc2)cc1.I. The van der Waals surface area contributed by atoms with Crippen LogP contribution in [0.4, 0.5) is 4.39 Å². The molecule has 1 unspecified atom stereocenters. The molecule has 4 rings (SSSR count). The second kappa shape index (κ2) is 8.11. The van der Waals surface area contributed by atoms with Crippen LogP contribution in [0, 0.1) is 5.82 Å². The van der Waals surface area contributed by atoms with E-state index < -0.39 is 0 Å². The molecule has 1 atom stereocenters. The summed E-state index contributed by atoms with van der Waals surface area (Å²) in [5, 5.41) is 0. The molecule has 1 heterocycles. The second-order valence-corrected chi connectivity index (χ2v) is 6.36. The Morgan fingerprint density at radius 3 is 2.28 bits per heavy atom. The predicted octanol–water partition coefficient (Wildman–Crippen LogP) is 5.59. The first-order chi connectivity index (χ1) is 11.8. The van der Waals surface area contributed by atoms with E-state index in [9.17, 15) is 4.39 Å². The molecule has 0 saturated heterocycles. The minimum absolute atomic E-state index is 0. The highest BCUT2D eigenvalue weighted by molar-refractivity contribution is 14.0. The van der Waals surface area contributed by atoms with Gasteiger partial charge in [0.05, 0.1) is 6.04 Å². The van der Waals surface area contributed by atoms with Gasteiger partial charge in [-0.3, -0.25) is 4.90 Å². The third kappa shape index (κ3) is 3.93. The summed E-state index contributed by atoms with van der Waals surface area (Å²) in [7, 11) is 0. The number of rotatable bonds is 3. The lowest BCUT2D eigenvalue weighted by molar-refractivity contribution is 0.204. The largest absolute Gasteiger partial charge is 0.288 e. The first-order valence-corrected chi connectivity index (χ1v) is 8.42. The van der Waals surface area contributed by atoms with Gasteiger partial charge in [0.25, 0.3) is 0 Å². The maximum absolute atomic E-state index is 13.4. The van der Waals surface area contributed by atoms with Crippen LogP contribution in [0.3, 0.4) is 0 Å². The normalized spacial score (nSPS) is 16.8. The van der Waals surface area contributed by atoms with Gasteiger partial charge in [0, 0.05) is 13.1 Å². The molecule has 25 heavy (non-hydrogen) atoms. The van der Waals surface area contributed by atoms with E-state index in [1.807, 2.05) is 18.2 Å². The molecule has 1 aliphatic heterocycles. The molecule has 0 aromatic heterocycles. The Morgan fingerprint density at radius 1 is 0.840 bits per heavy atom. The maximum Gasteiger partial charge on any atom is 0.123 e. The molecule has 0 amide bonds. The van der Waals surface area contributed by atoms with Gasteiger partial charge < -0.3 is 0 Å². The first-order valence-electron chi connectivity index (χ1n) is 8.42. The molecule has 0 aliphatic carbocycles. The molecule has 0 bridgehead atoms. The van der Waals surface area contributed by atoms with E-state index in [0.29, 0.717) is 0 Å². The van der Waals surface area contributed by atoms with Crippen molar-refractivity contribution in [1.29, 1.82) is 0 Å². The van der Waals surface area contributed by atoms with Crippen LogP contribution < -0.4 is 0 Å². The molecule has 1 aliphatic rings. The molecular formula is C22H21FIN. The van der Waals surface area contributed by atoms with Crippen molar-refractivity contribution in [2.45, 2.75) is 19.0 Å². The third-order valence-electron chi connectivity index (χ3n) is 4.80. The van der Waals surface area contributed by atoms with Crippen LogP contribution in [0.2, 0.25) is 0 Å². The van der Waals surface area contributed by atoms with Crippen LogP contribution in [-0.2, 0) is 13.0 Å². The van der Waals surface area contributed by atoms with Gasteiger partial charge >= 0.3 is 0 Å². The predicted molar refractivity (Wildman–Crippen MR) is 111 cm³/mol. The lowest BCUT2D eigenvalue weighted by atomic mass is 9.88. The van der Waals surface area contributed by atoms with E-state index in [2.05, 4.69) is 53.4 Å². The van der Waals surface area contributed by atoms with Crippen molar-refractivity contribution in [2.75, 3.05) is 6.54 Å². The van der Waals surface area contributed by atoms with Gasteiger partial charge in [0.2, 0.25) is 0 Å². The zero-order valence-corrected chi connectivity index (χ0v) is 16.3. The van der Waals surface area contributed by atoms with Crippen LogP contribution in [-0.4, -0.2) is 11.4 Å². The molecule has 0 spiro atoms. The van der Waals surface area contributed by atoms with E-state index in [1.165, 1.54) is 16.7 Å². The summed E-state index contributed by atoms with van der Waals surface area (Å²) in [5.74, 6) is -0.183. The van der Waals surface area contributed by atoms with Gasteiger partial charge in [-0.1, -0.05) is 66.7 Å². The molecule has 128 valence electrons. The van der Waals surface area contributed by atoms with Crippen molar-refractivity contribution in [3.63, 3.8) is 0 Å². The number of hydrogen-bond donors (Lipinski definition) is 0. The quantitative estimate of drug-likeness (QED) is 0.475. The average molecular weight is 445 g/mol. The fraction of sp³-hybridized carbons (Fsp3) is 0.182. The number of halogens is 2. The molecule has 0 saturated carbocycles. The highest BCUT2D eigenvalue weighted by Gasteiger charge is 2.28. The van der Waals surface area contributed by atoms with Crippen molar-refractivity contribution in [3.05, 3.63) is 107 Å². The summed E-state index contributed by atoms with van der Waals surface area (Å²) >= 11 is 0. The van der Waals surface area contributed by atoms with E-state index in [4.69, 9.17) is 0 Å². The fourth-order valence-corrected chi connectivity index (χ4v) is 3.64. The Morgan fingerprint density at radius 2 is 1.52 bits per heavy atom. The highest BCUT2D eigenvalue weighted by Crippen LogP contribution is 2.36. The standard InChI is InChI=1S/C22H20FN.HI/c23-20-12-10-19(11-13-20)22-21-9-5-4-8-18(21)14-15-24(22)16-17-6-2-1-3-7-17;/h1-13,22H,14-16H2;1H. The van der Waals surface area contributed by atoms with Crippen LogP contribution in [0.5, 0.6) is 0 Å². The molecular weight excluding hydrogens is 424 g/mol. The van der Waals surface area contributed by atoms with Crippen LogP contribution >= 0.6 is 24.0 Å².